The lowest BCUT2D eigenvalue weighted by atomic mass is 10.0. The maximum Gasteiger partial charge on any atom is 0.336 e. The van der Waals surface area contributed by atoms with Gasteiger partial charge in [-0.25, -0.2) is 9.18 Å². The molecule has 3 rings (SSSR count). The van der Waals surface area contributed by atoms with E-state index in [1.807, 2.05) is 27.0 Å². The molecule has 0 spiro atoms. The van der Waals surface area contributed by atoms with Crippen LogP contribution in [-0.2, 0) is 6.54 Å². The van der Waals surface area contributed by atoms with E-state index in [0.717, 1.165) is 22.1 Å². The summed E-state index contributed by atoms with van der Waals surface area (Å²) in [5.41, 5.74) is 3.47. The van der Waals surface area contributed by atoms with Gasteiger partial charge in [-0.15, -0.1) is 0 Å². The highest BCUT2D eigenvalue weighted by molar-refractivity contribution is 5.81. The topological polar surface area (TPSA) is 42.7 Å². The Morgan fingerprint density at radius 3 is 2.50 bits per heavy atom. The van der Waals surface area contributed by atoms with Crippen LogP contribution < -0.4 is 10.4 Å². The first-order chi connectivity index (χ1) is 12.4. The minimum absolute atomic E-state index is 0.283. The number of hydrogen-bond acceptors (Lipinski definition) is 4. The Morgan fingerprint density at radius 2 is 1.77 bits per heavy atom. The quantitative estimate of drug-likeness (QED) is 0.626. The smallest absolute Gasteiger partial charge is 0.336 e. The molecule has 0 N–H and O–H groups in total. The van der Waals surface area contributed by atoms with Crippen molar-refractivity contribution in [2.24, 2.45) is 0 Å². The van der Waals surface area contributed by atoms with Gasteiger partial charge in [-0.3, -0.25) is 4.90 Å². The summed E-state index contributed by atoms with van der Waals surface area (Å²) in [5, 5.41) is 0.957. The van der Waals surface area contributed by atoms with Crippen molar-refractivity contribution < 1.29 is 13.5 Å². The van der Waals surface area contributed by atoms with Gasteiger partial charge in [0, 0.05) is 24.5 Å². The maximum atomic E-state index is 12.9. The van der Waals surface area contributed by atoms with E-state index >= 15 is 0 Å². The Kier molecular flexibility index (Phi) is 5.38. The van der Waals surface area contributed by atoms with Crippen LogP contribution in [0.1, 0.15) is 16.7 Å². The first-order valence-corrected chi connectivity index (χ1v) is 8.53. The molecule has 0 saturated heterocycles. The van der Waals surface area contributed by atoms with E-state index < -0.39 is 0 Å². The summed E-state index contributed by atoms with van der Waals surface area (Å²) in [6.45, 7) is 5.80. The zero-order chi connectivity index (χ0) is 18.7. The van der Waals surface area contributed by atoms with Crippen LogP contribution >= 0.6 is 0 Å². The molecule has 0 bridgehead atoms. The van der Waals surface area contributed by atoms with Gasteiger partial charge in [0.2, 0.25) is 0 Å². The molecule has 1 heterocycles. The average molecular weight is 355 g/mol. The van der Waals surface area contributed by atoms with E-state index in [-0.39, 0.29) is 11.4 Å². The Bertz CT molecular complexity index is 963. The highest BCUT2D eigenvalue weighted by atomic mass is 19.1. The molecule has 0 saturated carbocycles. The Morgan fingerprint density at radius 1 is 1.08 bits per heavy atom. The number of rotatable bonds is 6. The minimum Gasteiger partial charge on any atom is -0.492 e. The summed E-state index contributed by atoms with van der Waals surface area (Å²) in [6.07, 6.45) is 0. The molecule has 0 radical (unpaired) electrons. The minimum atomic E-state index is -0.341. The third kappa shape index (κ3) is 4.29. The van der Waals surface area contributed by atoms with Crippen molar-refractivity contribution in [3.8, 4) is 5.75 Å². The van der Waals surface area contributed by atoms with Gasteiger partial charge in [-0.1, -0.05) is 0 Å². The summed E-state index contributed by atoms with van der Waals surface area (Å²) in [4.78, 5) is 13.9. The fourth-order valence-corrected chi connectivity index (χ4v) is 2.83. The van der Waals surface area contributed by atoms with Crippen LogP contribution in [0.15, 0.2) is 51.7 Å². The molecule has 0 aliphatic heterocycles. The molecule has 0 aliphatic carbocycles. The van der Waals surface area contributed by atoms with Gasteiger partial charge in [-0.2, -0.15) is 0 Å². The number of hydrogen-bond donors (Lipinski definition) is 0. The highest BCUT2D eigenvalue weighted by Crippen LogP contribution is 2.22. The maximum absolute atomic E-state index is 12.9. The lowest BCUT2D eigenvalue weighted by molar-refractivity contribution is 0.233. The number of benzene rings is 2. The molecular weight excluding hydrogens is 333 g/mol. The van der Waals surface area contributed by atoms with Crippen LogP contribution in [0.4, 0.5) is 4.39 Å². The van der Waals surface area contributed by atoms with Gasteiger partial charge < -0.3 is 9.15 Å². The van der Waals surface area contributed by atoms with Gasteiger partial charge in [0.1, 0.15) is 23.8 Å². The van der Waals surface area contributed by atoms with Crippen LogP contribution in [-0.4, -0.2) is 25.1 Å². The zero-order valence-corrected chi connectivity index (χ0v) is 15.2. The molecule has 0 aliphatic rings. The van der Waals surface area contributed by atoms with Crippen LogP contribution in [0.2, 0.25) is 0 Å². The Balaban J connectivity index is 1.68. The number of nitrogens with zero attached hydrogens (tertiary/aromatic N) is 1. The van der Waals surface area contributed by atoms with E-state index in [1.54, 1.807) is 18.2 Å². The van der Waals surface area contributed by atoms with Crippen LogP contribution in [0.25, 0.3) is 11.0 Å². The first-order valence-electron chi connectivity index (χ1n) is 8.53. The van der Waals surface area contributed by atoms with Crippen molar-refractivity contribution in [3.63, 3.8) is 0 Å². The molecule has 0 amide bonds. The van der Waals surface area contributed by atoms with Crippen LogP contribution in [0.5, 0.6) is 5.75 Å². The van der Waals surface area contributed by atoms with E-state index in [4.69, 9.17) is 9.15 Å². The molecule has 5 heteroatoms. The molecule has 0 fully saturated rings. The zero-order valence-electron chi connectivity index (χ0n) is 15.2. The SMILES string of the molecule is Cc1cc2oc(=O)cc(CN(C)CCOc3ccc(F)cc3)c2cc1C. The van der Waals surface area contributed by atoms with Crippen LogP contribution in [0.3, 0.4) is 0 Å². The summed E-state index contributed by atoms with van der Waals surface area (Å²) in [5.74, 6) is 0.353. The predicted molar refractivity (Wildman–Crippen MR) is 100 cm³/mol. The Hall–Kier alpha value is -2.66. The van der Waals surface area contributed by atoms with Crippen LogP contribution in [0, 0.1) is 19.7 Å². The summed E-state index contributed by atoms with van der Waals surface area (Å²) in [6, 6.07) is 11.5. The fourth-order valence-electron chi connectivity index (χ4n) is 2.83. The second-order valence-electron chi connectivity index (χ2n) is 6.56. The largest absolute Gasteiger partial charge is 0.492 e. The second-order valence-corrected chi connectivity index (χ2v) is 6.56. The standard InChI is InChI=1S/C21H22FNO3/c1-14-10-19-16(12-21(24)26-20(19)11-15(14)2)13-23(3)8-9-25-18-6-4-17(22)5-7-18/h4-7,10-12H,8-9,13H2,1-3H3. The van der Waals surface area contributed by atoms with Crippen molar-refractivity contribution in [1.29, 1.82) is 0 Å². The lowest BCUT2D eigenvalue weighted by Gasteiger charge is -2.18. The molecule has 2 aromatic carbocycles. The fraction of sp³-hybridized carbons (Fsp3) is 0.286. The normalized spacial score (nSPS) is 11.3. The van der Waals surface area contributed by atoms with Gasteiger partial charge >= 0.3 is 5.63 Å². The average Bonchev–Trinajstić information content (AvgIpc) is 2.58. The van der Waals surface area contributed by atoms with E-state index in [1.165, 1.54) is 12.1 Å². The van der Waals surface area contributed by atoms with Crippen molar-refractivity contribution in [1.82, 2.24) is 4.90 Å². The molecule has 4 nitrogen and oxygen atoms in total. The number of aryl methyl sites for hydroxylation is 2. The van der Waals surface area contributed by atoms with Gasteiger partial charge in [-0.05, 0) is 74.0 Å². The van der Waals surface area contributed by atoms with Gasteiger partial charge in [0.25, 0.3) is 0 Å². The molecule has 3 aromatic rings. The number of ether oxygens (including phenoxy) is 1. The highest BCUT2D eigenvalue weighted by Gasteiger charge is 2.10. The lowest BCUT2D eigenvalue weighted by Crippen LogP contribution is -2.24. The third-order valence-corrected chi connectivity index (χ3v) is 4.44. The molecule has 1 aromatic heterocycles. The molecule has 0 unspecified atom stereocenters. The van der Waals surface area contributed by atoms with E-state index in [2.05, 4.69) is 11.0 Å². The van der Waals surface area contributed by atoms with Crippen molar-refractivity contribution in [3.05, 3.63) is 75.4 Å². The Labute approximate surface area is 151 Å². The number of halogens is 1. The molecule has 136 valence electrons. The van der Waals surface area contributed by atoms with Crippen molar-refractivity contribution in [2.75, 3.05) is 20.2 Å². The molecule has 0 atom stereocenters. The summed E-state index contributed by atoms with van der Waals surface area (Å²) >= 11 is 0. The molecule has 26 heavy (non-hydrogen) atoms. The number of likely N-dealkylation sites (N-methyl/N-ethyl adjacent to an activating group) is 1. The summed E-state index contributed by atoms with van der Waals surface area (Å²) in [7, 11) is 1.97. The predicted octanol–water partition coefficient (Wildman–Crippen LogP) is 4.06. The molecular formula is C21H22FNO3. The van der Waals surface area contributed by atoms with Gasteiger partial charge in [0.15, 0.2) is 0 Å². The first kappa shape index (κ1) is 18.1. The monoisotopic (exact) mass is 355 g/mol. The van der Waals surface area contributed by atoms with Gasteiger partial charge in [0.05, 0.1) is 0 Å². The van der Waals surface area contributed by atoms with Crippen molar-refractivity contribution >= 4 is 11.0 Å². The second kappa shape index (κ2) is 7.70. The van der Waals surface area contributed by atoms with E-state index in [9.17, 15) is 9.18 Å². The third-order valence-electron chi connectivity index (χ3n) is 4.44. The summed E-state index contributed by atoms with van der Waals surface area (Å²) < 4.78 is 23.9. The number of fused-ring (bicyclic) bond motifs is 1. The van der Waals surface area contributed by atoms with Crippen molar-refractivity contribution in [2.45, 2.75) is 20.4 Å². The van der Waals surface area contributed by atoms with E-state index in [0.29, 0.717) is 31.0 Å².